The highest BCUT2D eigenvalue weighted by molar-refractivity contribution is 5.91. The van der Waals surface area contributed by atoms with Crippen molar-refractivity contribution in [3.05, 3.63) is 216 Å². The van der Waals surface area contributed by atoms with Crippen molar-refractivity contribution >= 4 is 17.1 Å². The average Bonchev–Trinajstić information content (AvgIpc) is 3.68. The minimum absolute atomic E-state index is 0.0648. The predicted molar refractivity (Wildman–Crippen MR) is 273 cm³/mol. The van der Waals surface area contributed by atoms with E-state index in [0.717, 1.165) is 50.3 Å². The zero-order valence-electron chi connectivity index (χ0n) is 38.3. The Morgan fingerprint density at radius 2 is 1.15 bits per heavy atom. The Kier molecular flexibility index (Phi) is 10.6. The van der Waals surface area contributed by atoms with Crippen LogP contribution in [0.3, 0.4) is 0 Å². The van der Waals surface area contributed by atoms with Gasteiger partial charge in [0.1, 0.15) is 5.75 Å². The number of nitrogens with zero attached hydrogens (tertiary/aromatic N) is 4. The summed E-state index contributed by atoms with van der Waals surface area (Å²) in [5, 5.41) is 11.8. The standard InChI is InChI=1S/C61H52N4O/c1-60(2,3)45-31-43(32-46(36-45)61(4,5)6)44-34-54(64-56(35-44)52-37-55(62-7)51(38-58(52)66)39-18-10-8-11-19-39)42-21-16-20-41(30-42)53-33-40(28-29-63-53)48-25-17-26-50-49-24-14-15-27-57(49)65(59(48)50)47-22-12-9-13-23-47/h8-38,49,57,66H,1-6H3. The summed E-state index contributed by atoms with van der Waals surface area (Å²) in [7, 11) is 0. The molecule has 5 nitrogen and oxygen atoms in total. The van der Waals surface area contributed by atoms with E-state index < -0.39 is 0 Å². The summed E-state index contributed by atoms with van der Waals surface area (Å²) in [6.07, 6.45) is 10.9. The van der Waals surface area contributed by atoms with Gasteiger partial charge in [0.05, 0.1) is 35.4 Å². The van der Waals surface area contributed by atoms with Crippen molar-refractivity contribution in [2.45, 2.75) is 64.3 Å². The minimum Gasteiger partial charge on any atom is -0.507 e. The van der Waals surface area contributed by atoms with E-state index in [0.29, 0.717) is 22.5 Å². The average molecular weight is 857 g/mol. The Morgan fingerprint density at radius 3 is 1.86 bits per heavy atom. The summed E-state index contributed by atoms with van der Waals surface area (Å²) in [6, 6.07) is 54.6. The van der Waals surface area contributed by atoms with Gasteiger partial charge in [-0.15, -0.1) is 0 Å². The van der Waals surface area contributed by atoms with Crippen LogP contribution in [0.4, 0.5) is 17.1 Å². The number of anilines is 2. The topological polar surface area (TPSA) is 53.6 Å². The first-order valence-corrected chi connectivity index (χ1v) is 22.7. The fourth-order valence-corrected chi connectivity index (χ4v) is 9.46. The molecule has 5 heteroatoms. The lowest BCUT2D eigenvalue weighted by Crippen LogP contribution is -2.28. The van der Waals surface area contributed by atoms with E-state index >= 15 is 0 Å². The SMILES string of the molecule is [C-]#[N+]c1cc(-c2cc(-c3cc(C(C)(C)C)cc(C(C)(C)C)c3)cc(-c3cccc(-c4cc(-c5cccc6c5N(c5ccccc5)C5C=CC=CC65)ccn4)c3)n2)c(O)cc1-c1ccccc1. The van der Waals surface area contributed by atoms with Crippen LogP contribution in [0.5, 0.6) is 5.75 Å². The van der Waals surface area contributed by atoms with Gasteiger partial charge in [0.25, 0.3) is 0 Å². The van der Waals surface area contributed by atoms with E-state index in [1.807, 2.05) is 36.5 Å². The zero-order valence-corrected chi connectivity index (χ0v) is 38.3. The molecule has 1 aliphatic heterocycles. The lowest BCUT2D eigenvalue weighted by atomic mass is 9.79. The molecule has 1 N–H and O–H groups in total. The first kappa shape index (κ1) is 42.2. The molecule has 66 heavy (non-hydrogen) atoms. The Bertz CT molecular complexity index is 3220. The maximum absolute atomic E-state index is 11.8. The van der Waals surface area contributed by atoms with E-state index in [1.54, 1.807) is 12.1 Å². The molecule has 0 saturated heterocycles. The second-order valence-electron chi connectivity index (χ2n) is 19.5. The van der Waals surface area contributed by atoms with Crippen molar-refractivity contribution in [3.63, 3.8) is 0 Å². The lowest BCUT2D eigenvalue weighted by Gasteiger charge is -2.29. The number of phenols is 1. The molecule has 0 radical (unpaired) electrons. The van der Waals surface area contributed by atoms with E-state index in [-0.39, 0.29) is 28.5 Å². The van der Waals surface area contributed by atoms with Gasteiger partial charge >= 0.3 is 0 Å². The summed E-state index contributed by atoms with van der Waals surface area (Å²) in [5.41, 5.74) is 16.9. The summed E-state index contributed by atoms with van der Waals surface area (Å²) in [5.74, 6) is 0.318. The summed E-state index contributed by atoms with van der Waals surface area (Å²) >= 11 is 0. The molecule has 0 spiro atoms. The van der Waals surface area contributed by atoms with Crippen LogP contribution in [0, 0.1) is 6.57 Å². The monoisotopic (exact) mass is 856 g/mol. The normalized spacial score (nSPS) is 15.3. The molecule has 0 amide bonds. The van der Waals surface area contributed by atoms with Crippen LogP contribution in [-0.2, 0) is 10.8 Å². The largest absolute Gasteiger partial charge is 0.507 e. The molecule has 322 valence electrons. The van der Waals surface area contributed by atoms with Gasteiger partial charge in [0, 0.05) is 40.1 Å². The molecule has 10 rings (SSSR count). The Hall–Kier alpha value is -7.81. The molecule has 0 fully saturated rings. The van der Waals surface area contributed by atoms with Crippen molar-refractivity contribution in [3.8, 4) is 72.9 Å². The molecule has 2 atom stereocenters. The third kappa shape index (κ3) is 7.90. The summed E-state index contributed by atoms with van der Waals surface area (Å²) in [6.45, 7) is 21.7. The fraction of sp³-hybridized carbons (Fsp3) is 0.164. The summed E-state index contributed by atoms with van der Waals surface area (Å²) < 4.78 is 0. The van der Waals surface area contributed by atoms with Crippen LogP contribution in [0.1, 0.15) is 64.2 Å². The molecule has 1 aliphatic carbocycles. The van der Waals surface area contributed by atoms with Gasteiger partial charge in [-0.2, -0.15) is 0 Å². The number of aromatic hydroxyl groups is 1. The van der Waals surface area contributed by atoms with Crippen molar-refractivity contribution in [2.75, 3.05) is 4.90 Å². The molecule has 2 aromatic heterocycles. The second-order valence-corrected chi connectivity index (χ2v) is 19.5. The number of para-hydroxylation sites is 2. The van der Waals surface area contributed by atoms with Gasteiger partial charge in [0.15, 0.2) is 5.69 Å². The van der Waals surface area contributed by atoms with Crippen LogP contribution in [-0.4, -0.2) is 21.1 Å². The third-order valence-electron chi connectivity index (χ3n) is 13.0. The molecule has 6 aromatic carbocycles. The smallest absolute Gasteiger partial charge is 0.195 e. The van der Waals surface area contributed by atoms with Gasteiger partial charge < -0.3 is 10.0 Å². The molecule has 0 bridgehead atoms. The molecule has 3 heterocycles. The van der Waals surface area contributed by atoms with Crippen LogP contribution < -0.4 is 4.90 Å². The number of allylic oxidation sites excluding steroid dienone is 2. The molecular formula is C61H52N4O. The van der Waals surface area contributed by atoms with Gasteiger partial charge in [-0.25, -0.2) is 9.83 Å². The molecule has 2 aliphatic rings. The highest BCUT2D eigenvalue weighted by Crippen LogP contribution is 2.52. The first-order valence-electron chi connectivity index (χ1n) is 22.7. The van der Waals surface area contributed by atoms with E-state index in [4.69, 9.17) is 16.5 Å². The number of pyridine rings is 2. The van der Waals surface area contributed by atoms with Crippen LogP contribution in [0.2, 0.25) is 0 Å². The Morgan fingerprint density at radius 1 is 0.530 bits per heavy atom. The predicted octanol–water partition coefficient (Wildman–Crippen LogP) is 16.1. The summed E-state index contributed by atoms with van der Waals surface area (Å²) in [4.78, 5) is 16.7. The molecule has 2 unspecified atom stereocenters. The van der Waals surface area contributed by atoms with Crippen LogP contribution >= 0.6 is 0 Å². The fourth-order valence-electron chi connectivity index (χ4n) is 9.46. The first-order chi connectivity index (χ1) is 31.8. The van der Waals surface area contributed by atoms with Crippen molar-refractivity contribution in [2.24, 2.45) is 0 Å². The van der Waals surface area contributed by atoms with Gasteiger partial charge in [0.2, 0.25) is 0 Å². The number of fused-ring (bicyclic) bond motifs is 3. The van der Waals surface area contributed by atoms with Crippen molar-refractivity contribution in [1.82, 2.24) is 9.97 Å². The highest BCUT2D eigenvalue weighted by Gasteiger charge is 2.39. The maximum Gasteiger partial charge on any atom is 0.195 e. The molecule has 8 aromatic rings. The van der Waals surface area contributed by atoms with Gasteiger partial charge in [-0.3, -0.25) is 4.98 Å². The molecule has 0 saturated carbocycles. The van der Waals surface area contributed by atoms with Crippen molar-refractivity contribution < 1.29 is 5.11 Å². The van der Waals surface area contributed by atoms with E-state index in [9.17, 15) is 5.11 Å². The maximum atomic E-state index is 11.8. The molecular weight excluding hydrogens is 805 g/mol. The zero-order chi connectivity index (χ0) is 45.7. The Balaban J connectivity index is 1.11. The van der Waals surface area contributed by atoms with Crippen LogP contribution in [0.25, 0.3) is 72.0 Å². The lowest BCUT2D eigenvalue weighted by molar-refractivity contribution is 0.477. The van der Waals surface area contributed by atoms with Crippen molar-refractivity contribution in [1.29, 1.82) is 0 Å². The second kappa shape index (κ2) is 16.6. The van der Waals surface area contributed by atoms with Crippen LogP contribution in [0.15, 0.2) is 188 Å². The minimum atomic E-state index is -0.0907. The number of hydrogen-bond acceptors (Lipinski definition) is 4. The van der Waals surface area contributed by atoms with E-state index in [2.05, 4.69) is 191 Å². The number of benzene rings is 6. The highest BCUT2D eigenvalue weighted by atomic mass is 16.3. The Labute approximate surface area is 389 Å². The third-order valence-corrected chi connectivity index (χ3v) is 13.0. The van der Waals surface area contributed by atoms with Gasteiger partial charge in [-0.1, -0.05) is 169 Å². The number of hydrogen-bond donors (Lipinski definition) is 1. The number of aromatic nitrogens is 2. The number of phenolic OH excluding ortho intramolecular Hbond substituents is 1. The van der Waals surface area contributed by atoms with E-state index in [1.165, 1.54) is 28.1 Å². The number of rotatable bonds is 7. The quantitative estimate of drug-likeness (QED) is 0.162. The van der Waals surface area contributed by atoms with Gasteiger partial charge in [-0.05, 0) is 110 Å².